The van der Waals surface area contributed by atoms with Gasteiger partial charge in [0.15, 0.2) is 0 Å². The highest BCUT2D eigenvalue weighted by Crippen LogP contribution is 2.17. The molecule has 6 heteroatoms. The summed E-state index contributed by atoms with van der Waals surface area (Å²) in [5.41, 5.74) is 2.41. The van der Waals surface area contributed by atoms with Crippen LogP contribution in [0.5, 0.6) is 0 Å². The first-order valence-corrected chi connectivity index (χ1v) is 8.08. The Labute approximate surface area is 146 Å². The monoisotopic (exact) mass is 347 g/mol. The number of hydrogen-bond donors (Lipinski definition) is 2. The van der Waals surface area contributed by atoms with E-state index < -0.39 is 17.7 Å². The molecular formula is C19H23F2N3O. The van der Waals surface area contributed by atoms with E-state index in [-0.39, 0.29) is 12.5 Å². The van der Waals surface area contributed by atoms with Crippen molar-refractivity contribution in [2.45, 2.75) is 19.5 Å². The fraction of sp³-hybridized carbons (Fsp3) is 0.316. The Morgan fingerprint density at radius 1 is 1.12 bits per heavy atom. The van der Waals surface area contributed by atoms with E-state index in [4.69, 9.17) is 0 Å². The molecule has 0 unspecified atom stereocenters. The zero-order valence-electron chi connectivity index (χ0n) is 14.6. The second-order valence-electron chi connectivity index (χ2n) is 6.11. The van der Waals surface area contributed by atoms with Gasteiger partial charge in [-0.15, -0.1) is 0 Å². The average Bonchev–Trinajstić information content (AvgIpc) is 2.58. The SMILES string of the molecule is C[C@@H](NCC(=O)NCc1ccc(N(C)C)cc1)c1ccc(F)cc1F. The minimum Gasteiger partial charge on any atom is -0.378 e. The number of nitrogens with zero attached hydrogens (tertiary/aromatic N) is 1. The molecule has 0 aliphatic heterocycles. The number of benzene rings is 2. The third-order valence-electron chi connectivity index (χ3n) is 3.94. The molecule has 0 aliphatic carbocycles. The van der Waals surface area contributed by atoms with E-state index in [1.165, 1.54) is 12.1 Å². The summed E-state index contributed by atoms with van der Waals surface area (Å²) in [5.74, 6) is -1.43. The lowest BCUT2D eigenvalue weighted by Gasteiger charge is -2.15. The quantitative estimate of drug-likeness (QED) is 0.809. The second kappa shape index (κ2) is 8.58. The summed E-state index contributed by atoms with van der Waals surface area (Å²) >= 11 is 0. The molecule has 0 aliphatic rings. The first-order chi connectivity index (χ1) is 11.9. The van der Waals surface area contributed by atoms with Crippen LogP contribution in [-0.4, -0.2) is 26.5 Å². The van der Waals surface area contributed by atoms with E-state index >= 15 is 0 Å². The normalized spacial score (nSPS) is 11.9. The van der Waals surface area contributed by atoms with Crippen LogP contribution in [0.1, 0.15) is 24.1 Å². The summed E-state index contributed by atoms with van der Waals surface area (Å²) in [5, 5.41) is 5.75. The lowest BCUT2D eigenvalue weighted by atomic mass is 10.1. The third kappa shape index (κ3) is 5.53. The topological polar surface area (TPSA) is 44.4 Å². The highest BCUT2D eigenvalue weighted by Gasteiger charge is 2.12. The van der Waals surface area contributed by atoms with Gasteiger partial charge in [-0.2, -0.15) is 0 Å². The van der Waals surface area contributed by atoms with Crippen LogP contribution in [0.25, 0.3) is 0 Å². The first-order valence-electron chi connectivity index (χ1n) is 8.08. The summed E-state index contributed by atoms with van der Waals surface area (Å²) in [6, 6.07) is 10.9. The Bertz CT molecular complexity index is 717. The predicted octanol–water partition coefficient (Wildman–Crippen LogP) is 3.00. The molecule has 1 amide bonds. The Balaban J connectivity index is 1.80. The molecule has 0 aromatic heterocycles. The summed E-state index contributed by atoms with van der Waals surface area (Å²) < 4.78 is 26.6. The van der Waals surface area contributed by atoms with E-state index in [1.807, 2.05) is 43.3 Å². The van der Waals surface area contributed by atoms with Crippen LogP contribution in [-0.2, 0) is 11.3 Å². The van der Waals surface area contributed by atoms with Crippen molar-refractivity contribution >= 4 is 11.6 Å². The number of rotatable bonds is 7. The van der Waals surface area contributed by atoms with Gasteiger partial charge in [0, 0.05) is 44.0 Å². The Hall–Kier alpha value is -2.47. The van der Waals surface area contributed by atoms with Crippen molar-refractivity contribution in [3.8, 4) is 0 Å². The molecule has 0 fully saturated rings. The van der Waals surface area contributed by atoms with Crippen molar-refractivity contribution in [1.82, 2.24) is 10.6 Å². The van der Waals surface area contributed by atoms with Gasteiger partial charge in [-0.25, -0.2) is 8.78 Å². The summed E-state index contributed by atoms with van der Waals surface area (Å²) in [4.78, 5) is 13.9. The number of carbonyl (C=O) groups is 1. The maximum Gasteiger partial charge on any atom is 0.234 e. The van der Waals surface area contributed by atoms with E-state index in [0.29, 0.717) is 12.1 Å². The molecule has 0 spiro atoms. The Kier molecular flexibility index (Phi) is 6.47. The second-order valence-corrected chi connectivity index (χ2v) is 6.11. The van der Waals surface area contributed by atoms with Crippen molar-refractivity contribution in [3.05, 3.63) is 65.2 Å². The molecule has 134 valence electrons. The Morgan fingerprint density at radius 2 is 1.80 bits per heavy atom. The van der Waals surface area contributed by atoms with Gasteiger partial charge < -0.3 is 15.5 Å². The van der Waals surface area contributed by atoms with Gasteiger partial charge in [0.05, 0.1) is 6.54 Å². The lowest BCUT2D eigenvalue weighted by Crippen LogP contribution is -2.34. The number of halogens is 2. The molecule has 2 N–H and O–H groups in total. The fourth-order valence-corrected chi connectivity index (χ4v) is 2.38. The van der Waals surface area contributed by atoms with Gasteiger partial charge in [0.2, 0.25) is 5.91 Å². The summed E-state index contributed by atoms with van der Waals surface area (Å²) in [6.45, 7) is 2.20. The van der Waals surface area contributed by atoms with Gasteiger partial charge >= 0.3 is 0 Å². The highest BCUT2D eigenvalue weighted by molar-refractivity contribution is 5.78. The van der Waals surface area contributed by atoms with E-state index in [1.54, 1.807) is 6.92 Å². The van der Waals surface area contributed by atoms with Crippen molar-refractivity contribution in [3.63, 3.8) is 0 Å². The van der Waals surface area contributed by atoms with Crippen molar-refractivity contribution < 1.29 is 13.6 Å². The van der Waals surface area contributed by atoms with Gasteiger partial charge in [0.1, 0.15) is 11.6 Å². The average molecular weight is 347 g/mol. The number of hydrogen-bond acceptors (Lipinski definition) is 3. The molecule has 25 heavy (non-hydrogen) atoms. The zero-order valence-corrected chi connectivity index (χ0v) is 14.6. The molecule has 2 rings (SSSR count). The maximum absolute atomic E-state index is 13.7. The molecule has 0 heterocycles. The molecule has 1 atom stereocenters. The predicted molar refractivity (Wildman–Crippen MR) is 95.4 cm³/mol. The molecule has 0 bridgehead atoms. The third-order valence-corrected chi connectivity index (χ3v) is 3.94. The molecule has 2 aromatic carbocycles. The molecule has 4 nitrogen and oxygen atoms in total. The van der Waals surface area contributed by atoms with Gasteiger partial charge in [0.25, 0.3) is 0 Å². The molecule has 2 aromatic rings. The summed E-state index contributed by atoms with van der Waals surface area (Å²) in [6.07, 6.45) is 0. The van der Waals surface area contributed by atoms with Gasteiger partial charge in [-0.1, -0.05) is 18.2 Å². The number of nitrogens with one attached hydrogen (secondary N) is 2. The van der Waals surface area contributed by atoms with E-state index in [9.17, 15) is 13.6 Å². The lowest BCUT2D eigenvalue weighted by molar-refractivity contribution is -0.120. The first kappa shape index (κ1) is 18.9. The number of carbonyl (C=O) groups excluding carboxylic acids is 1. The Morgan fingerprint density at radius 3 is 2.40 bits per heavy atom. The van der Waals surface area contributed by atoms with Crippen LogP contribution in [0.15, 0.2) is 42.5 Å². The number of amides is 1. The van der Waals surface area contributed by atoms with Crippen LogP contribution < -0.4 is 15.5 Å². The van der Waals surface area contributed by atoms with Crippen LogP contribution in [0.4, 0.5) is 14.5 Å². The van der Waals surface area contributed by atoms with Gasteiger partial charge in [-0.3, -0.25) is 4.79 Å². The molecule has 0 saturated heterocycles. The van der Waals surface area contributed by atoms with E-state index in [2.05, 4.69) is 10.6 Å². The van der Waals surface area contributed by atoms with Crippen LogP contribution >= 0.6 is 0 Å². The molecular weight excluding hydrogens is 324 g/mol. The van der Waals surface area contributed by atoms with Crippen LogP contribution in [0.3, 0.4) is 0 Å². The maximum atomic E-state index is 13.7. The highest BCUT2D eigenvalue weighted by atomic mass is 19.1. The molecule has 0 saturated carbocycles. The standard InChI is InChI=1S/C19H23F2N3O/c1-13(17-9-6-15(20)10-18(17)21)22-12-19(25)23-11-14-4-7-16(8-5-14)24(2)3/h4-10,13,22H,11-12H2,1-3H3,(H,23,25)/t13-/m1/s1. The minimum atomic E-state index is -0.624. The van der Waals surface area contributed by atoms with E-state index in [0.717, 1.165) is 17.3 Å². The van der Waals surface area contributed by atoms with Crippen molar-refractivity contribution in [1.29, 1.82) is 0 Å². The summed E-state index contributed by atoms with van der Waals surface area (Å²) in [7, 11) is 3.93. The van der Waals surface area contributed by atoms with Crippen LogP contribution in [0, 0.1) is 11.6 Å². The zero-order chi connectivity index (χ0) is 18.4. The molecule has 0 radical (unpaired) electrons. The fourth-order valence-electron chi connectivity index (χ4n) is 2.38. The van der Waals surface area contributed by atoms with Gasteiger partial charge in [-0.05, 0) is 30.7 Å². The van der Waals surface area contributed by atoms with Crippen molar-refractivity contribution in [2.24, 2.45) is 0 Å². The number of anilines is 1. The smallest absolute Gasteiger partial charge is 0.234 e. The van der Waals surface area contributed by atoms with Crippen molar-refractivity contribution in [2.75, 3.05) is 25.5 Å². The van der Waals surface area contributed by atoms with Crippen LogP contribution in [0.2, 0.25) is 0 Å². The minimum absolute atomic E-state index is 0.0494. The largest absolute Gasteiger partial charge is 0.378 e.